The summed E-state index contributed by atoms with van der Waals surface area (Å²) in [5, 5.41) is 7.58. The Morgan fingerprint density at radius 2 is 1.94 bits per heavy atom. The minimum absolute atomic E-state index is 0.0737. The second kappa shape index (κ2) is 4.96. The predicted molar refractivity (Wildman–Crippen MR) is 72.6 cm³/mol. The number of nitrogens with one attached hydrogen (secondary N) is 1. The van der Waals surface area contributed by atoms with Crippen molar-refractivity contribution in [2.45, 2.75) is 20.3 Å². The number of halogens is 1. The fraction of sp³-hybridized carbons (Fsp3) is 0.500. The zero-order valence-corrected chi connectivity index (χ0v) is 10.9. The summed E-state index contributed by atoms with van der Waals surface area (Å²) in [7, 11) is 0. The highest BCUT2D eigenvalue weighted by Gasteiger charge is 2.24. The summed E-state index contributed by atoms with van der Waals surface area (Å²) < 4.78 is 13.3. The average Bonchev–Trinajstić information content (AvgIpc) is 2.27. The van der Waals surface area contributed by atoms with Crippen molar-refractivity contribution in [2.24, 2.45) is 17.6 Å². The average molecular weight is 249 g/mol. The Hall–Kier alpha value is -1.58. The molecule has 2 atom stereocenters. The maximum Gasteiger partial charge on any atom is 0.125 e. The van der Waals surface area contributed by atoms with Gasteiger partial charge in [-0.1, -0.05) is 13.8 Å². The zero-order valence-electron chi connectivity index (χ0n) is 10.9. The Morgan fingerprint density at radius 1 is 1.33 bits per heavy atom. The van der Waals surface area contributed by atoms with Gasteiger partial charge in [-0.15, -0.1) is 0 Å². The number of rotatable bonds is 2. The summed E-state index contributed by atoms with van der Waals surface area (Å²) in [5.41, 5.74) is 6.92. The third-order valence-corrected chi connectivity index (χ3v) is 3.46. The SMILES string of the molecule is CC1CC(C)CN(c2ccc(F)cc2C(=N)N)C1. The van der Waals surface area contributed by atoms with Crippen molar-refractivity contribution in [3.05, 3.63) is 29.6 Å². The van der Waals surface area contributed by atoms with Gasteiger partial charge in [0.15, 0.2) is 0 Å². The van der Waals surface area contributed by atoms with Crippen LogP contribution in [0.4, 0.5) is 10.1 Å². The van der Waals surface area contributed by atoms with Gasteiger partial charge in [0, 0.05) is 24.3 Å². The molecule has 4 heteroatoms. The summed E-state index contributed by atoms with van der Waals surface area (Å²) in [6.07, 6.45) is 1.22. The van der Waals surface area contributed by atoms with E-state index < -0.39 is 0 Å². The van der Waals surface area contributed by atoms with E-state index in [4.69, 9.17) is 11.1 Å². The normalized spacial score (nSPS) is 24.1. The van der Waals surface area contributed by atoms with Crippen LogP contribution >= 0.6 is 0 Å². The molecule has 1 aromatic rings. The molecule has 1 aliphatic rings. The van der Waals surface area contributed by atoms with Gasteiger partial charge in [-0.2, -0.15) is 0 Å². The Labute approximate surface area is 107 Å². The van der Waals surface area contributed by atoms with Gasteiger partial charge in [-0.3, -0.25) is 5.41 Å². The van der Waals surface area contributed by atoms with E-state index in [2.05, 4.69) is 18.7 Å². The standard InChI is InChI=1S/C14H20FN3/c1-9-5-10(2)8-18(7-9)13-4-3-11(15)6-12(13)14(16)17/h3-4,6,9-10H,5,7-8H2,1-2H3,(H3,16,17). The molecular formula is C14H20FN3. The van der Waals surface area contributed by atoms with Crippen molar-refractivity contribution < 1.29 is 4.39 Å². The van der Waals surface area contributed by atoms with Crippen LogP contribution in [0.3, 0.4) is 0 Å². The van der Waals surface area contributed by atoms with Crippen molar-refractivity contribution in [1.29, 1.82) is 5.41 Å². The van der Waals surface area contributed by atoms with Crippen LogP contribution in [0.2, 0.25) is 0 Å². The van der Waals surface area contributed by atoms with Crippen molar-refractivity contribution in [3.8, 4) is 0 Å². The number of anilines is 1. The van der Waals surface area contributed by atoms with Gasteiger partial charge in [0.1, 0.15) is 11.7 Å². The second-order valence-corrected chi connectivity index (χ2v) is 5.43. The number of benzene rings is 1. The van der Waals surface area contributed by atoms with Gasteiger partial charge in [0.05, 0.1) is 0 Å². The van der Waals surface area contributed by atoms with E-state index in [1.807, 2.05) is 0 Å². The third-order valence-electron chi connectivity index (χ3n) is 3.46. The topological polar surface area (TPSA) is 53.1 Å². The Balaban J connectivity index is 2.35. The van der Waals surface area contributed by atoms with Gasteiger partial charge >= 0.3 is 0 Å². The van der Waals surface area contributed by atoms with E-state index in [1.165, 1.54) is 18.6 Å². The smallest absolute Gasteiger partial charge is 0.125 e. The Morgan fingerprint density at radius 3 is 2.50 bits per heavy atom. The van der Waals surface area contributed by atoms with Gasteiger partial charge in [-0.05, 0) is 36.5 Å². The number of amidine groups is 1. The van der Waals surface area contributed by atoms with E-state index in [-0.39, 0.29) is 11.7 Å². The molecule has 0 aromatic heterocycles. The highest BCUT2D eigenvalue weighted by molar-refractivity contribution is 6.00. The maximum absolute atomic E-state index is 13.3. The first-order chi connectivity index (χ1) is 8.47. The molecule has 0 saturated carbocycles. The highest BCUT2D eigenvalue weighted by Crippen LogP contribution is 2.29. The third kappa shape index (κ3) is 2.63. The van der Waals surface area contributed by atoms with Crippen LogP contribution in [0.1, 0.15) is 25.8 Å². The Kier molecular flexibility index (Phi) is 3.55. The van der Waals surface area contributed by atoms with Gasteiger partial charge < -0.3 is 10.6 Å². The summed E-state index contributed by atoms with van der Waals surface area (Å²) in [5.74, 6) is 0.801. The van der Waals surface area contributed by atoms with Crippen LogP contribution < -0.4 is 10.6 Å². The van der Waals surface area contributed by atoms with Crippen LogP contribution in [-0.2, 0) is 0 Å². The van der Waals surface area contributed by atoms with Crippen LogP contribution in [-0.4, -0.2) is 18.9 Å². The lowest BCUT2D eigenvalue weighted by Gasteiger charge is -2.37. The second-order valence-electron chi connectivity index (χ2n) is 5.43. The fourth-order valence-corrected chi connectivity index (χ4v) is 2.86. The zero-order chi connectivity index (χ0) is 13.3. The molecular weight excluding hydrogens is 229 g/mol. The summed E-state index contributed by atoms with van der Waals surface area (Å²) in [6, 6.07) is 4.52. The molecule has 0 spiro atoms. The molecule has 0 bridgehead atoms. The van der Waals surface area contributed by atoms with Crippen LogP contribution in [0.15, 0.2) is 18.2 Å². The minimum atomic E-state index is -0.345. The monoisotopic (exact) mass is 249 g/mol. The largest absolute Gasteiger partial charge is 0.384 e. The molecule has 3 N–H and O–H groups in total. The summed E-state index contributed by atoms with van der Waals surface area (Å²) in [4.78, 5) is 2.22. The molecule has 1 saturated heterocycles. The summed E-state index contributed by atoms with van der Waals surface area (Å²) in [6.45, 7) is 6.33. The van der Waals surface area contributed by atoms with Crippen LogP contribution in [0, 0.1) is 23.1 Å². The van der Waals surface area contributed by atoms with Crippen LogP contribution in [0.25, 0.3) is 0 Å². The predicted octanol–water partition coefficient (Wildman–Crippen LogP) is 2.59. The first kappa shape index (κ1) is 12.9. The van der Waals surface area contributed by atoms with Crippen molar-refractivity contribution in [1.82, 2.24) is 0 Å². The number of hydrogen-bond donors (Lipinski definition) is 2. The van der Waals surface area contributed by atoms with E-state index in [9.17, 15) is 4.39 Å². The lowest BCUT2D eigenvalue weighted by Crippen LogP contribution is -2.39. The molecule has 98 valence electrons. The molecule has 0 radical (unpaired) electrons. The van der Waals surface area contributed by atoms with Crippen LogP contribution in [0.5, 0.6) is 0 Å². The maximum atomic E-state index is 13.3. The van der Waals surface area contributed by atoms with E-state index in [0.717, 1.165) is 18.8 Å². The Bertz CT molecular complexity index is 448. The number of piperidine rings is 1. The molecule has 1 fully saturated rings. The number of nitrogen functional groups attached to an aromatic ring is 1. The van der Waals surface area contributed by atoms with E-state index in [0.29, 0.717) is 17.4 Å². The van der Waals surface area contributed by atoms with Crippen molar-refractivity contribution in [2.75, 3.05) is 18.0 Å². The van der Waals surface area contributed by atoms with Crippen molar-refractivity contribution >= 4 is 11.5 Å². The molecule has 1 heterocycles. The number of hydrogen-bond acceptors (Lipinski definition) is 2. The van der Waals surface area contributed by atoms with Gasteiger partial charge in [0.2, 0.25) is 0 Å². The molecule has 18 heavy (non-hydrogen) atoms. The number of nitrogens with zero attached hydrogens (tertiary/aromatic N) is 1. The fourth-order valence-electron chi connectivity index (χ4n) is 2.86. The lowest BCUT2D eigenvalue weighted by molar-refractivity contribution is 0.357. The van der Waals surface area contributed by atoms with E-state index >= 15 is 0 Å². The lowest BCUT2D eigenvalue weighted by atomic mass is 9.91. The molecule has 1 aromatic carbocycles. The van der Waals surface area contributed by atoms with E-state index in [1.54, 1.807) is 6.07 Å². The molecule has 2 rings (SSSR count). The first-order valence-corrected chi connectivity index (χ1v) is 6.36. The van der Waals surface area contributed by atoms with Crippen molar-refractivity contribution in [3.63, 3.8) is 0 Å². The minimum Gasteiger partial charge on any atom is -0.384 e. The first-order valence-electron chi connectivity index (χ1n) is 6.36. The quantitative estimate of drug-likeness (QED) is 0.625. The summed E-state index contributed by atoms with van der Waals surface area (Å²) >= 11 is 0. The molecule has 2 unspecified atom stereocenters. The highest BCUT2D eigenvalue weighted by atomic mass is 19.1. The molecule has 0 amide bonds. The van der Waals surface area contributed by atoms with Gasteiger partial charge in [-0.25, -0.2) is 4.39 Å². The number of nitrogens with two attached hydrogens (primary N) is 1. The molecule has 3 nitrogen and oxygen atoms in total. The molecule has 0 aliphatic carbocycles. The molecule has 1 aliphatic heterocycles. The van der Waals surface area contributed by atoms with Gasteiger partial charge in [0.25, 0.3) is 0 Å².